The van der Waals surface area contributed by atoms with Crippen LogP contribution in [0.2, 0.25) is 0 Å². The molecule has 3 amide bonds. The number of benzene rings is 2. The number of β-amino-alcohol motifs (C(OH)–C–C–N with tert-alkyl or cyclic N) is 1. The van der Waals surface area contributed by atoms with Gasteiger partial charge in [0.1, 0.15) is 11.3 Å². The van der Waals surface area contributed by atoms with Crippen molar-refractivity contribution in [3.63, 3.8) is 0 Å². The maximum Gasteiger partial charge on any atom is 0.573 e. The molecular weight excluding hydrogens is 401 g/mol. The van der Waals surface area contributed by atoms with Gasteiger partial charge in [0.05, 0.1) is 12.6 Å². The molecule has 1 aliphatic heterocycles. The number of alkyl halides is 3. The number of halogens is 3. The summed E-state index contributed by atoms with van der Waals surface area (Å²) in [6.07, 6.45) is -4.56. The van der Waals surface area contributed by atoms with Gasteiger partial charge in [0.25, 0.3) is 5.91 Å². The summed E-state index contributed by atoms with van der Waals surface area (Å²) in [5, 5.41) is 13.2. The van der Waals surface area contributed by atoms with Crippen molar-refractivity contribution in [2.75, 3.05) is 6.54 Å². The topological polar surface area (TPSA) is 78.9 Å². The van der Waals surface area contributed by atoms with Crippen LogP contribution in [0.1, 0.15) is 29.2 Å². The van der Waals surface area contributed by atoms with Crippen LogP contribution in [0.3, 0.4) is 0 Å². The zero-order valence-electron chi connectivity index (χ0n) is 15.8. The number of nitrogens with one attached hydrogen (secondary N) is 1. The second kappa shape index (κ2) is 7.32. The summed E-state index contributed by atoms with van der Waals surface area (Å²) in [5.74, 6) is -0.827. The highest BCUT2D eigenvalue weighted by molar-refractivity contribution is 6.07. The lowest BCUT2D eigenvalue weighted by atomic mass is 9.78. The average molecular weight is 420 g/mol. The normalized spacial score (nSPS) is 22.1. The summed E-state index contributed by atoms with van der Waals surface area (Å²) in [4.78, 5) is 26.5. The van der Waals surface area contributed by atoms with E-state index in [-0.39, 0.29) is 12.1 Å². The van der Waals surface area contributed by atoms with Gasteiger partial charge in [-0.05, 0) is 41.7 Å². The van der Waals surface area contributed by atoms with Gasteiger partial charge >= 0.3 is 12.4 Å². The van der Waals surface area contributed by atoms with Gasteiger partial charge < -0.3 is 15.2 Å². The number of urea groups is 1. The minimum absolute atomic E-state index is 0.264. The summed E-state index contributed by atoms with van der Waals surface area (Å²) in [6.45, 7) is -0.298. The first-order valence-electron chi connectivity index (χ1n) is 9.41. The molecular formula is C21H19F3N2O4. The fourth-order valence-corrected chi connectivity index (χ4v) is 4.04. The Bertz CT molecular complexity index is 977. The largest absolute Gasteiger partial charge is 0.573 e. The maximum atomic E-state index is 13.1. The van der Waals surface area contributed by atoms with E-state index in [0.717, 1.165) is 28.2 Å². The van der Waals surface area contributed by atoms with Crippen LogP contribution in [-0.4, -0.2) is 40.4 Å². The van der Waals surface area contributed by atoms with Crippen molar-refractivity contribution in [1.82, 2.24) is 10.2 Å². The van der Waals surface area contributed by atoms with Crippen LogP contribution in [0.5, 0.6) is 5.75 Å². The fraction of sp³-hybridized carbons (Fsp3) is 0.333. The van der Waals surface area contributed by atoms with Crippen molar-refractivity contribution in [2.24, 2.45) is 0 Å². The average Bonchev–Trinajstić information content (AvgIpc) is 2.91. The van der Waals surface area contributed by atoms with Crippen LogP contribution in [0, 0.1) is 0 Å². The third-order valence-electron chi connectivity index (χ3n) is 5.53. The Morgan fingerprint density at radius 2 is 1.77 bits per heavy atom. The predicted molar refractivity (Wildman–Crippen MR) is 99.5 cm³/mol. The highest BCUT2D eigenvalue weighted by Crippen LogP contribution is 2.34. The molecule has 2 aromatic carbocycles. The lowest BCUT2D eigenvalue weighted by Crippen LogP contribution is -2.51. The molecule has 1 saturated heterocycles. The molecule has 0 aromatic heterocycles. The molecule has 1 spiro atoms. The van der Waals surface area contributed by atoms with Crippen molar-refractivity contribution in [3.8, 4) is 5.75 Å². The van der Waals surface area contributed by atoms with Crippen molar-refractivity contribution < 1.29 is 32.6 Å². The summed E-state index contributed by atoms with van der Waals surface area (Å²) < 4.78 is 40.6. The Kier molecular flexibility index (Phi) is 4.93. The number of aliphatic hydroxyl groups is 1. The van der Waals surface area contributed by atoms with Gasteiger partial charge in [-0.3, -0.25) is 9.69 Å². The van der Waals surface area contributed by atoms with E-state index in [9.17, 15) is 27.9 Å². The molecule has 2 aromatic rings. The number of ether oxygens (including phenoxy) is 1. The molecule has 2 aliphatic rings. The molecule has 2 unspecified atom stereocenters. The summed E-state index contributed by atoms with van der Waals surface area (Å²) in [7, 11) is 0. The molecule has 2 N–H and O–H groups in total. The number of hydrogen-bond donors (Lipinski definition) is 2. The molecule has 2 atom stereocenters. The Balaban J connectivity index is 1.46. The Morgan fingerprint density at radius 3 is 2.43 bits per heavy atom. The van der Waals surface area contributed by atoms with Gasteiger partial charge in [-0.15, -0.1) is 13.2 Å². The van der Waals surface area contributed by atoms with E-state index in [1.54, 1.807) is 0 Å². The van der Waals surface area contributed by atoms with Gasteiger partial charge in [0, 0.05) is 6.42 Å². The molecule has 30 heavy (non-hydrogen) atoms. The highest BCUT2D eigenvalue weighted by atomic mass is 19.4. The number of hydrogen-bond acceptors (Lipinski definition) is 4. The number of amides is 3. The number of rotatable bonds is 4. The first-order chi connectivity index (χ1) is 14.2. The predicted octanol–water partition coefficient (Wildman–Crippen LogP) is 3.10. The van der Waals surface area contributed by atoms with E-state index < -0.39 is 35.7 Å². The van der Waals surface area contributed by atoms with E-state index in [0.29, 0.717) is 19.3 Å². The number of nitrogens with zero attached hydrogens (tertiary/aromatic N) is 1. The zero-order chi connectivity index (χ0) is 21.5. The minimum atomic E-state index is -4.81. The molecule has 0 radical (unpaired) electrons. The Labute approximate surface area is 170 Å². The van der Waals surface area contributed by atoms with Gasteiger partial charge in [-0.25, -0.2) is 4.79 Å². The van der Waals surface area contributed by atoms with Crippen molar-refractivity contribution >= 4 is 11.9 Å². The van der Waals surface area contributed by atoms with Crippen LogP contribution in [0.4, 0.5) is 18.0 Å². The second-order valence-corrected chi connectivity index (χ2v) is 7.51. The van der Waals surface area contributed by atoms with Crippen LogP contribution in [0.15, 0.2) is 48.5 Å². The van der Waals surface area contributed by atoms with E-state index in [2.05, 4.69) is 10.1 Å². The van der Waals surface area contributed by atoms with Crippen LogP contribution in [0.25, 0.3) is 0 Å². The molecule has 9 heteroatoms. The highest BCUT2D eigenvalue weighted by Gasteiger charge is 2.52. The van der Waals surface area contributed by atoms with E-state index in [1.165, 1.54) is 12.1 Å². The summed E-state index contributed by atoms with van der Waals surface area (Å²) in [5.41, 5.74) is 1.38. The van der Waals surface area contributed by atoms with Crippen molar-refractivity contribution in [2.45, 2.75) is 37.3 Å². The van der Waals surface area contributed by atoms with Crippen molar-refractivity contribution in [1.29, 1.82) is 0 Å². The van der Waals surface area contributed by atoms with Gasteiger partial charge in [0.15, 0.2) is 0 Å². The maximum absolute atomic E-state index is 13.1. The Hall–Kier alpha value is -3.07. The zero-order valence-corrected chi connectivity index (χ0v) is 15.8. The molecule has 1 heterocycles. The third kappa shape index (κ3) is 3.85. The molecule has 6 nitrogen and oxygen atoms in total. The van der Waals surface area contributed by atoms with Crippen molar-refractivity contribution in [3.05, 3.63) is 65.2 Å². The molecule has 1 fully saturated rings. The van der Waals surface area contributed by atoms with Gasteiger partial charge in [-0.2, -0.15) is 0 Å². The first kappa shape index (κ1) is 20.2. The van der Waals surface area contributed by atoms with E-state index in [4.69, 9.17) is 0 Å². The number of fused-ring (bicyclic) bond motifs is 1. The standard InChI is InChI=1S/C21H19F3N2O4/c22-21(23,24)30-16-7-5-14(6-8-16)17(27)12-26-18(28)20(25-19(26)29)10-9-13-3-1-2-4-15(13)11-20/h1-8,17,27H,9-12H2,(H,25,29). The Morgan fingerprint density at radius 1 is 1.10 bits per heavy atom. The SMILES string of the molecule is O=C1NC2(CCc3ccccc3C2)C(=O)N1CC(O)c1ccc(OC(F)(F)F)cc1. The fourth-order valence-electron chi connectivity index (χ4n) is 4.04. The molecule has 1 aliphatic carbocycles. The minimum Gasteiger partial charge on any atom is -0.406 e. The summed E-state index contributed by atoms with van der Waals surface area (Å²) >= 11 is 0. The lowest BCUT2D eigenvalue weighted by Gasteiger charge is -2.32. The molecule has 158 valence electrons. The smallest absolute Gasteiger partial charge is 0.406 e. The number of carbonyl (C=O) groups excluding carboxylic acids is 2. The third-order valence-corrected chi connectivity index (χ3v) is 5.53. The summed E-state index contributed by atoms with van der Waals surface area (Å²) in [6, 6.07) is 11.8. The quantitative estimate of drug-likeness (QED) is 0.746. The number of carbonyl (C=O) groups is 2. The van der Waals surface area contributed by atoms with Crippen LogP contribution in [-0.2, 0) is 17.6 Å². The van der Waals surface area contributed by atoms with E-state index >= 15 is 0 Å². The second-order valence-electron chi connectivity index (χ2n) is 7.51. The van der Waals surface area contributed by atoms with Gasteiger partial charge in [0.2, 0.25) is 0 Å². The van der Waals surface area contributed by atoms with Gasteiger partial charge in [-0.1, -0.05) is 36.4 Å². The number of imide groups is 1. The van der Waals surface area contributed by atoms with E-state index in [1.807, 2.05) is 24.3 Å². The monoisotopic (exact) mass is 420 g/mol. The number of aryl methyl sites for hydroxylation is 1. The molecule has 4 rings (SSSR count). The van der Waals surface area contributed by atoms with Crippen LogP contribution < -0.4 is 10.1 Å². The molecule has 0 saturated carbocycles. The lowest BCUT2D eigenvalue weighted by molar-refractivity contribution is -0.274. The number of aliphatic hydroxyl groups excluding tert-OH is 1. The van der Waals surface area contributed by atoms with Crippen LogP contribution >= 0.6 is 0 Å². The molecule has 0 bridgehead atoms. The first-order valence-corrected chi connectivity index (χ1v) is 9.41.